The molecule has 1 aromatic rings. The SMILES string of the molecule is CNC(=O)N(C(=N)N)c1c(C)cccc1Cl. The Balaban J connectivity index is 3.32. The highest BCUT2D eigenvalue weighted by molar-refractivity contribution is 6.35. The number of halogens is 1. The number of carbonyl (C=O) groups excluding carboxylic acids is 1. The molecule has 1 aromatic carbocycles. The van der Waals surface area contributed by atoms with E-state index in [-0.39, 0.29) is 5.96 Å². The maximum absolute atomic E-state index is 11.6. The van der Waals surface area contributed by atoms with Gasteiger partial charge in [0.2, 0.25) is 5.96 Å². The van der Waals surface area contributed by atoms with Crippen LogP contribution in [0.25, 0.3) is 0 Å². The van der Waals surface area contributed by atoms with Crippen LogP contribution in [0.15, 0.2) is 18.2 Å². The number of guanidine groups is 1. The lowest BCUT2D eigenvalue weighted by atomic mass is 10.2. The highest BCUT2D eigenvalue weighted by Gasteiger charge is 2.21. The lowest BCUT2D eigenvalue weighted by Gasteiger charge is -2.22. The Morgan fingerprint density at radius 1 is 1.56 bits per heavy atom. The van der Waals surface area contributed by atoms with E-state index >= 15 is 0 Å². The van der Waals surface area contributed by atoms with Crippen LogP contribution in [0.2, 0.25) is 5.02 Å². The summed E-state index contributed by atoms with van der Waals surface area (Å²) in [6.07, 6.45) is 0. The van der Waals surface area contributed by atoms with E-state index in [1.807, 2.05) is 0 Å². The lowest BCUT2D eigenvalue weighted by molar-refractivity contribution is 0.251. The molecule has 5 nitrogen and oxygen atoms in total. The fourth-order valence-corrected chi connectivity index (χ4v) is 1.66. The van der Waals surface area contributed by atoms with Gasteiger partial charge in [-0.3, -0.25) is 5.41 Å². The van der Waals surface area contributed by atoms with Gasteiger partial charge in [-0.15, -0.1) is 0 Å². The van der Waals surface area contributed by atoms with Gasteiger partial charge in [-0.25, -0.2) is 9.69 Å². The van der Waals surface area contributed by atoms with Crippen molar-refractivity contribution < 1.29 is 4.79 Å². The Kier molecular flexibility index (Phi) is 3.73. The second-order valence-corrected chi connectivity index (χ2v) is 3.59. The fraction of sp³-hybridized carbons (Fsp3) is 0.200. The van der Waals surface area contributed by atoms with Crippen molar-refractivity contribution in [2.45, 2.75) is 6.92 Å². The van der Waals surface area contributed by atoms with Crippen LogP contribution in [0.3, 0.4) is 0 Å². The molecule has 0 saturated heterocycles. The Morgan fingerprint density at radius 2 is 2.19 bits per heavy atom. The normalized spacial score (nSPS) is 9.69. The number of nitrogens with two attached hydrogens (primary N) is 1. The molecule has 86 valence electrons. The van der Waals surface area contributed by atoms with E-state index in [9.17, 15) is 4.79 Å². The summed E-state index contributed by atoms with van der Waals surface area (Å²) in [5.41, 5.74) is 6.57. The van der Waals surface area contributed by atoms with E-state index in [1.54, 1.807) is 25.1 Å². The third-order valence-corrected chi connectivity index (χ3v) is 2.37. The zero-order valence-electron chi connectivity index (χ0n) is 9.04. The summed E-state index contributed by atoms with van der Waals surface area (Å²) in [7, 11) is 1.46. The number of aryl methyl sites for hydroxylation is 1. The molecule has 16 heavy (non-hydrogen) atoms. The van der Waals surface area contributed by atoms with E-state index in [2.05, 4.69) is 5.32 Å². The van der Waals surface area contributed by atoms with Crippen molar-refractivity contribution in [2.75, 3.05) is 11.9 Å². The number of hydrogen-bond donors (Lipinski definition) is 3. The number of para-hydroxylation sites is 1. The minimum atomic E-state index is -0.497. The number of carbonyl (C=O) groups is 1. The van der Waals surface area contributed by atoms with Gasteiger partial charge in [-0.05, 0) is 18.6 Å². The highest BCUT2D eigenvalue weighted by Crippen LogP contribution is 2.29. The zero-order chi connectivity index (χ0) is 12.3. The minimum Gasteiger partial charge on any atom is -0.369 e. The zero-order valence-corrected chi connectivity index (χ0v) is 9.80. The molecule has 0 saturated carbocycles. The smallest absolute Gasteiger partial charge is 0.328 e. The van der Waals surface area contributed by atoms with Crippen molar-refractivity contribution in [3.63, 3.8) is 0 Å². The number of benzene rings is 1. The first-order chi connectivity index (χ1) is 7.49. The van der Waals surface area contributed by atoms with Crippen molar-refractivity contribution in [1.82, 2.24) is 5.32 Å². The molecular weight excluding hydrogens is 228 g/mol. The fourth-order valence-electron chi connectivity index (χ4n) is 1.35. The van der Waals surface area contributed by atoms with Crippen molar-refractivity contribution in [3.8, 4) is 0 Å². The third-order valence-electron chi connectivity index (χ3n) is 2.07. The van der Waals surface area contributed by atoms with Gasteiger partial charge in [0.15, 0.2) is 0 Å². The Bertz CT molecular complexity index is 413. The van der Waals surface area contributed by atoms with E-state index in [4.69, 9.17) is 22.7 Å². The van der Waals surface area contributed by atoms with Crippen molar-refractivity contribution in [2.24, 2.45) is 5.73 Å². The maximum Gasteiger partial charge on any atom is 0.328 e. The van der Waals surface area contributed by atoms with Crippen molar-refractivity contribution >= 4 is 29.3 Å². The molecule has 0 unspecified atom stereocenters. The molecule has 2 amide bonds. The number of urea groups is 1. The van der Waals surface area contributed by atoms with Crippen LogP contribution in [-0.2, 0) is 0 Å². The molecule has 0 aliphatic rings. The minimum absolute atomic E-state index is 0.374. The van der Waals surface area contributed by atoms with E-state index < -0.39 is 6.03 Å². The first kappa shape index (κ1) is 12.3. The predicted octanol–water partition coefficient (Wildman–Crippen LogP) is 1.69. The molecule has 0 aliphatic carbocycles. The molecule has 0 aliphatic heterocycles. The van der Waals surface area contributed by atoms with Crippen LogP contribution in [0.4, 0.5) is 10.5 Å². The van der Waals surface area contributed by atoms with Gasteiger partial charge >= 0.3 is 6.03 Å². The van der Waals surface area contributed by atoms with Gasteiger partial charge in [0.05, 0.1) is 10.7 Å². The van der Waals surface area contributed by atoms with Crippen LogP contribution in [0, 0.1) is 12.3 Å². The van der Waals surface area contributed by atoms with E-state index in [0.717, 1.165) is 10.5 Å². The Morgan fingerprint density at radius 3 is 2.62 bits per heavy atom. The average molecular weight is 241 g/mol. The molecule has 0 fully saturated rings. The quantitative estimate of drug-likeness (QED) is 0.516. The molecule has 0 spiro atoms. The van der Waals surface area contributed by atoms with E-state index in [1.165, 1.54) is 7.05 Å². The second kappa shape index (κ2) is 4.85. The summed E-state index contributed by atoms with van der Waals surface area (Å²) in [4.78, 5) is 12.6. The summed E-state index contributed by atoms with van der Waals surface area (Å²) in [5.74, 6) is -0.379. The van der Waals surface area contributed by atoms with Gasteiger partial charge < -0.3 is 11.1 Å². The molecular formula is C10H13ClN4O. The molecule has 4 N–H and O–H groups in total. The van der Waals surface area contributed by atoms with Gasteiger partial charge in [0.25, 0.3) is 0 Å². The van der Waals surface area contributed by atoms with Gasteiger partial charge in [-0.2, -0.15) is 0 Å². The van der Waals surface area contributed by atoms with Gasteiger partial charge in [0.1, 0.15) is 0 Å². The largest absolute Gasteiger partial charge is 0.369 e. The molecule has 0 atom stereocenters. The summed E-state index contributed by atoms with van der Waals surface area (Å²) >= 11 is 6.00. The van der Waals surface area contributed by atoms with Crippen LogP contribution < -0.4 is 16.0 Å². The molecule has 6 heteroatoms. The molecule has 0 radical (unpaired) electrons. The summed E-state index contributed by atoms with van der Waals surface area (Å²) in [6.45, 7) is 1.79. The van der Waals surface area contributed by atoms with Crippen molar-refractivity contribution in [1.29, 1.82) is 5.41 Å². The second-order valence-electron chi connectivity index (χ2n) is 3.18. The summed E-state index contributed by atoms with van der Waals surface area (Å²) in [5, 5.41) is 10.2. The maximum atomic E-state index is 11.6. The lowest BCUT2D eigenvalue weighted by Crippen LogP contribution is -2.46. The monoisotopic (exact) mass is 240 g/mol. The standard InChI is InChI=1S/C10H13ClN4O/c1-6-4-3-5-7(11)8(6)15(9(12)13)10(16)14-2/h3-5H,1-2H3,(H3,12,13)(H,14,16). The van der Waals surface area contributed by atoms with Gasteiger partial charge in [-0.1, -0.05) is 23.7 Å². The number of hydrogen-bond acceptors (Lipinski definition) is 2. The highest BCUT2D eigenvalue weighted by atomic mass is 35.5. The summed E-state index contributed by atoms with van der Waals surface area (Å²) in [6, 6.07) is 4.70. The van der Waals surface area contributed by atoms with Crippen molar-refractivity contribution in [3.05, 3.63) is 28.8 Å². The van der Waals surface area contributed by atoms with Crippen LogP contribution in [-0.4, -0.2) is 19.0 Å². The molecule has 1 rings (SSSR count). The van der Waals surface area contributed by atoms with Crippen LogP contribution in [0.1, 0.15) is 5.56 Å². The Labute approximate surface area is 98.7 Å². The topological polar surface area (TPSA) is 82.2 Å². The Hall–Kier alpha value is -1.75. The molecule has 0 bridgehead atoms. The third kappa shape index (κ3) is 2.25. The number of amides is 2. The van der Waals surface area contributed by atoms with E-state index in [0.29, 0.717) is 10.7 Å². The molecule has 0 heterocycles. The number of anilines is 1. The average Bonchev–Trinajstić information content (AvgIpc) is 2.22. The van der Waals surface area contributed by atoms with Crippen LogP contribution in [0.5, 0.6) is 0 Å². The first-order valence-corrected chi connectivity index (χ1v) is 4.97. The predicted molar refractivity (Wildman–Crippen MR) is 65.0 cm³/mol. The summed E-state index contributed by atoms with van der Waals surface area (Å²) < 4.78 is 0. The number of rotatable bonds is 1. The first-order valence-electron chi connectivity index (χ1n) is 4.60. The van der Waals surface area contributed by atoms with Gasteiger partial charge in [0, 0.05) is 7.05 Å². The molecule has 0 aromatic heterocycles. The van der Waals surface area contributed by atoms with Crippen LogP contribution >= 0.6 is 11.6 Å². The number of nitrogens with zero attached hydrogens (tertiary/aromatic N) is 1. The number of nitrogens with one attached hydrogen (secondary N) is 2.